The van der Waals surface area contributed by atoms with Gasteiger partial charge in [-0.1, -0.05) is 37.3 Å². The van der Waals surface area contributed by atoms with E-state index in [2.05, 4.69) is 12.1 Å². The van der Waals surface area contributed by atoms with Crippen molar-refractivity contribution in [3.05, 3.63) is 35.9 Å². The molecule has 0 saturated carbocycles. The van der Waals surface area contributed by atoms with Crippen LogP contribution in [0.5, 0.6) is 0 Å². The first-order valence-corrected chi connectivity index (χ1v) is 7.27. The number of hydrogen-bond donors (Lipinski definition) is 1. The maximum absolute atomic E-state index is 12.4. The summed E-state index contributed by atoms with van der Waals surface area (Å²) in [4.78, 5) is 14.3. The minimum Gasteiger partial charge on any atom is -0.372 e. The van der Waals surface area contributed by atoms with Crippen LogP contribution in [-0.2, 0) is 9.53 Å². The summed E-state index contributed by atoms with van der Waals surface area (Å²) >= 11 is 0. The summed E-state index contributed by atoms with van der Waals surface area (Å²) in [6, 6.07) is 10.3. The first kappa shape index (κ1) is 15.0. The quantitative estimate of drug-likeness (QED) is 0.889. The SMILES string of the molecule is CCC(OC)C(=O)N1C[C@@H](CN)[C@H](c2ccccc2)C1. The average molecular weight is 276 g/mol. The van der Waals surface area contributed by atoms with Gasteiger partial charge in [0.25, 0.3) is 5.91 Å². The molecule has 4 heteroatoms. The first-order valence-electron chi connectivity index (χ1n) is 7.27. The molecular weight excluding hydrogens is 252 g/mol. The Labute approximate surface area is 120 Å². The minimum atomic E-state index is -0.331. The molecule has 1 unspecified atom stereocenters. The Hall–Kier alpha value is -1.39. The molecule has 0 aromatic heterocycles. The molecule has 0 radical (unpaired) electrons. The fraction of sp³-hybridized carbons (Fsp3) is 0.562. The molecule has 2 N–H and O–H groups in total. The van der Waals surface area contributed by atoms with E-state index < -0.39 is 0 Å². The number of carbonyl (C=O) groups excluding carboxylic acids is 1. The second kappa shape index (κ2) is 6.86. The Morgan fingerprint density at radius 1 is 1.40 bits per heavy atom. The van der Waals surface area contributed by atoms with Gasteiger partial charge < -0.3 is 15.4 Å². The normalized spacial score (nSPS) is 23.9. The van der Waals surface area contributed by atoms with E-state index in [1.807, 2.05) is 30.0 Å². The fourth-order valence-electron chi connectivity index (χ4n) is 3.01. The van der Waals surface area contributed by atoms with Crippen molar-refractivity contribution in [2.24, 2.45) is 11.7 Å². The summed E-state index contributed by atoms with van der Waals surface area (Å²) < 4.78 is 5.26. The predicted molar refractivity (Wildman–Crippen MR) is 79.4 cm³/mol. The molecule has 1 aliphatic heterocycles. The molecule has 1 aromatic rings. The molecule has 4 nitrogen and oxygen atoms in total. The van der Waals surface area contributed by atoms with Crippen molar-refractivity contribution in [1.29, 1.82) is 0 Å². The molecule has 1 saturated heterocycles. The second-order valence-corrected chi connectivity index (χ2v) is 5.39. The molecule has 0 bridgehead atoms. The van der Waals surface area contributed by atoms with Crippen molar-refractivity contribution >= 4 is 5.91 Å². The van der Waals surface area contributed by atoms with Gasteiger partial charge in [-0.3, -0.25) is 4.79 Å². The lowest BCUT2D eigenvalue weighted by Gasteiger charge is -2.21. The molecule has 1 amide bonds. The third-order valence-electron chi connectivity index (χ3n) is 4.21. The van der Waals surface area contributed by atoms with Crippen LogP contribution in [-0.4, -0.2) is 43.7 Å². The van der Waals surface area contributed by atoms with Crippen LogP contribution < -0.4 is 5.73 Å². The largest absolute Gasteiger partial charge is 0.372 e. The molecule has 20 heavy (non-hydrogen) atoms. The van der Waals surface area contributed by atoms with E-state index in [1.54, 1.807) is 7.11 Å². The topological polar surface area (TPSA) is 55.6 Å². The van der Waals surface area contributed by atoms with E-state index in [0.717, 1.165) is 13.1 Å². The lowest BCUT2D eigenvalue weighted by molar-refractivity contribution is -0.141. The standard InChI is InChI=1S/C16H24N2O2/c1-3-15(20-2)16(19)18-10-13(9-17)14(11-18)12-7-5-4-6-8-12/h4-8,13-15H,3,9-11,17H2,1-2H3/t13-,14+,15?/m1/s1. The Kier molecular flexibility index (Phi) is 5.15. The minimum absolute atomic E-state index is 0.0897. The highest BCUT2D eigenvalue weighted by Gasteiger charge is 2.37. The highest BCUT2D eigenvalue weighted by molar-refractivity contribution is 5.81. The number of nitrogens with two attached hydrogens (primary N) is 1. The van der Waals surface area contributed by atoms with Crippen LogP contribution in [0.2, 0.25) is 0 Å². The first-order chi connectivity index (χ1) is 9.71. The molecule has 110 valence electrons. The average Bonchev–Trinajstić information content (AvgIpc) is 2.93. The molecule has 0 spiro atoms. The Bertz CT molecular complexity index is 431. The number of nitrogens with zero attached hydrogens (tertiary/aromatic N) is 1. The fourth-order valence-corrected chi connectivity index (χ4v) is 3.01. The molecule has 0 aliphatic carbocycles. The number of carbonyl (C=O) groups is 1. The summed E-state index contributed by atoms with van der Waals surface area (Å²) in [7, 11) is 1.59. The van der Waals surface area contributed by atoms with Gasteiger partial charge in [0.2, 0.25) is 0 Å². The van der Waals surface area contributed by atoms with Crippen LogP contribution in [0, 0.1) is 5.92 Å². The van der Waals surface area contributed by atoms with Crippen molar-refractivity contribution in [2.45, 2.75) is 25.4 Å². The van der Waals surface area contributed by atoms with Gasteiger partial charge in [0.05, 0.1) is 0 Å². The Morgan fingerprint density at radius 2 is 2.10 bits per heavy atom. The number of ether oxygens (including phenoxy) is 1. The highest BCUT2D eigenvalue weighted by atomic mass is 16.5. The van der Waals surface area contributed by atoms with E-state index in [1.165, 1.54) is 5.56 Å². The van der Waals surface area contributed by atoms with Crippen LogP contribution in [0.15, 0.2) is 30.3 Å². The van der Waals surface area contributed by atoms with Gasteiger partial charge in [-0.25, -0.2) is 0 Å². The van der Waals surface area contributed by atoms with Gasteiger partial charge in [0.15, 0.2) is 0 Å². The monoisotopic (exact) mass is 276 g/mol. The zero-order chi connectivity index (χ0) is 14.5. The van der Waals surface area contributed by atoms with Gasteiger partial charge in [-0.2, -0.15) is 0 Å². The van der Waals surface area contributed by atoms with Crippen LogP contribution >= 0.6 is 0 Å². The molecular formula is C16H24N2O2. The van der Waals surface area contributed by atoms with E-state index in [9.17, 15) is 4.79 Å². The van der Waals surface area contributed by atoms with Crippen molar-refractivity contribution in [1.82, 2.24) is 4.90 Å². The van der Waals surface area contributed by atoms with Gasteiger partial charge in [0.1, 0.15) is 6.10 Å². The number of amides is 1. The zero-order valence-electron chi connectivity index (χ0n) is 12.3. The third kappa shape index (κ3) is 3.02. The maximum Gasteiger partial charge on any atom is 0.251 e. The predicted octanol–water partition coefficient (Wildman–Crippen LogP) is 1.61. The highest BCUT2D eigenvalue weighted by Crippen LogP contribution is 2.32. The van der Waals surface area contributed by atoms with Crippen molar-refractivity contribution in [3.8, 4) is 0 Å². The van der Waals surface area contributed by atoms with Crippen LogP contribution in [0.4, 0.5) is 0 Å². The molecule has 2 rings (SSSR count). The lowest BCUT2D eigenvalue weighted by Crippen LogP contribution is -2.38. The molecule has 1 aliphatic rings. The summed E-state index contributed by atoms with van der Waals surface area (Å²) in [5.74, 6) is 0.752. The van der Waals surface area contributed by atoms with E-state index in [-0.39, 0.29) is 12.0 Å². The van der Waals surface area contributed by atoms with E-state index in [0.29, 0.717) is 24.8 Å². The Balaban J connectivity index is 2.12. The van der Waals surface area contributed by atoms with Gasteiger partial charge in [0, 0.05) is 26.1 Å². The van der Waals surface area contributed by atoms with Gasteiger partial charge in [-0.15, -0.1) is 0 Å². The third-order valence-corrected chi connectivity index (χ3v) is 4.21. The molecule has 1 heterocycles. The lowest BCUT2D eigenvalue weighted by atomic mass is 9.89. The van der Waals surface area contributed by atoms with Crippen molar-refractivity contribution in [3.63, 3.8) is 0 Å². The number of benzene rings is 1. The van der Waals surface area contributed by atoms with Gasteiger partial charge in [-0.05, 0) is 24.4 Å². The smallest absolute Gasteiger partial charge is 0.251 e. The number of hydrogen-bond acceptors (Lipinski definition) is 3. The zero-order valence-corrected chi connectivity index (χ0v) is 12.3. The molecule has 1 aromatic carbocycles. The Morgan fingerprint density at radius 3 is 2.65 bits per heavy atom. The summed E-state index contributed by atoms with van der Waals surface area (Å²) in [6.45, 7) is 4.05. The number of methoxy groups -OCH3 is 1. The van der Waals surface area contributed by atoms with Gasteiger partial charge >= 0.3 is 0 Å². The van der Waals surface area contributed by atoms with Crippen LogP contribution in [0.25, 0.3) is 0 Å². The van der Waals surface area contributed by atoms with E-state index >= 15 is 0 Å². The maximum atomic E-state index is 12.4. The molecule has 1 fully saturated rings. The van der Waals surface area contributed by atoms with Crippen LogP contribution in [0.1, 0.15) is 24.8 Å². The van der Waals surface area contributed by atoms with Crippen molar-refractivity contribution in [2.75, 3.05) is 26.7 Å². The second-order valence-electron chi connectivity index (χ2n) is 5.39. The summed E-state index contributed by atoms with van der Waals surface area (Å²) in [5, 5.41) is 0. The summed E-state index contributed by atoms with van der Waals surface area (Å²) in [5.41, 5.74) is 7.16. The van der Waals surface area contributed by atoms with Crippen LogP contribution in [0.3, 0.4) is 0 Å². The number of likely N-dealkylation sites (tertiary alicyclic amines) is 1. The van der Waals surface area contributed by atoms with E-state index in [4.69, 9.17) is 10.5 Å². The van der Waals surface area contributed by atoms with Crippen molar-refractivity contribution < 1.29 is 9.53 Å². The molecule has 3 atom stereocenters. The number of rotatable bonds is 5. The summed E-state index contributed by atoms with van der Waals surface area (Å²) in [6.07, 6.45) is 0.373.